The van der Waals surface area contributed by atoms with Crippen LogP contribution in [0, 0.1) is 5.92 Å². The van der Waals surface area contributed by atoms with Gasteiger partial charge in [0, 0.05) is 12.5 Å². The highest BCUT2D eigenvalue weighted by molar-refractivity contribution is 5.30. The van der Waals surface area contributed by atoms with Crippen LogP contribution in [0.25, 0.3) is 0 Å². The van der Waals surface area contributed by atoms with E-state index in [0.717, 1.165) is 6.42 Å². The Kier molecular flexibility index (Phi) is 5.11. The maximum atomic E-state index is 9.77. The molecule has 4 nitrogen and oxygen atoms in total. The summed E-state index contributed by atoms with van der Waals surface area (Å²) in [4.78, 5) is 4.09. The molecule has 108 valence electrons. The van der Waals surface area contributed by atoms with Crippen LogP contribution in [-0.4, -0.2) is 16.1 Å². The average Bonchev–Trinajstić information content (AvgIpc) is 2.62. The molecular formula is C15H26N2O2. The fourth-order valence-electron chi connectivity index (χ4n) is 2.68. The van der Waals surface area contributed by atoms with Gasteiger partial charge < -0.3 is 14.8 Å². The average molecular weight is 266 g/mol. The van der Waals surface area contributed by atoms with Crippen molar-refractivity contribution in [3.05, 3.63) is 5.76 Å². The summed E-state index contributed by atoms with van der Waals surface area (Å²) < 4.78 is 5.63. The van der Waals surface area contributed by atoms with Crippen LogP contribution in [0.4, 0.5) is 6.01 Å². The molecule has 1 aromatic rings. The lowest BCUT2D eigenvalue weighted by molar-refractivity contribution is 0.410. The third-order valence-electron chi connectivity index (χ3n) is 3.70. The summed E-state index contributed by atoms with van der Waals surface area (Å²) in [5.74, 6) is 1.10. The zero-order chi connectivity index (χ0) is 13.7. The van der Waals surface area contributed by atoms with E-state index in [1.807, 2.05) is 0 Å². The van der Waals surface area contributed by atoms with E-state index in [2.05, 4.69) is 24.1 Å². The van der Waals surface area contributed by atoms with E-state index in [1.165, 1.54) is 44.9 Å². The zero-order valence-corrected chi connectivity index (χ0v) is 12.1. The number of anilines is 1. The zero-order valence-electron chi connectivity index (χ0n) is 12.1. The molecular weight excluding hydrogens is 240 g/mol. The van der Waals surface area contributed by atoms with Crippen molar-refractivity contribution in [3.8, 4) is 5.88 Å². The summed E-state index contributed by atoms with van der Waals surface area (Å²) in [5, 5.41) is 13.1. The topological polar surface area (TPSA) is 58.3 Å². The van der Waals surface area contributed by atoms with Crippen molar-refractivity contribution in [2.75, 3.05) is 5.32 Å². The van der Waals surface area contributed by atoms with Crippen molar-refractivity contribution in [2.45, 2.75) is 71.3 Å². The van der Waals surface area contributed by atoms with Gasteiger partial charge in [0.1, 0.15) is 0 Å². The predicted octanol–water partition coefficient (Wildman–Crippen LogP) is 4.10. The van der Waals surface area contributed by atoms with Crippen LogP contribution in [0.5, 0.6) is 5.88 Å². The van der Waals surface area contributed by atoms with Gasteiger partial charge in [-0.3, -0.25) is 0 Å². The molecule has 2 N–H and O–H groups in total. The first-order valence-corrected chi connectivity index (χ1v) is 7.60. The molecule has 0 spiro atoms. The molecule has 0 aromatic carbocycles. The summed E-state index contributed by atoms with van der Waals surface area (Å²) in [6.45, 7) is 4.20. The van der Waals surface area contributed by atoms with E-state index >= 15 is 0 Å². The summed E-state index contributed by atoms with van der Waals surface area (Å²) >= 11 is 0. The SMILES string of the molecule is CC(C)Cc1oc(NC2CCCCCCC2)nc1O. The van der Waals surface area contributed by atoms with Gasteiger partial charge >= 0.3 is 0 Å². The first-order valence-electron chi connectivity index (χ1n) is 7.60. The standard InChI is InChI=1S/C15H26N2O2/c1-11(2)10-13-14(18)17-15(19-13)16-12-8-6-4-3-5-7-9-12/h11-12,18H,3-10H2,1-2H3,(H,16,17). The van der Waals surface area contributed by atoms with Gasteiger partial charge in [-0.1, -0.05) is 46.0 Å². The minimum absolute atomic E-state index is 0.0436. The van der Waals surface area contributed by atoms with Gasteiger partial charge in [0.05, 0.1) is 0 Å². The number of hydrogen-bond donors (Lipinski definition) is 2. The fourth-order valence-corrected chi connectivity index (χ4v) is 2.68. The molecule has 0 bridgehead atoms. The highest BCUT2D eigenvalue weighted by Gasteiger charge is 2.17. The first kappa shape index (κ1) is 14.2. The number of rotatable bonds is 4. The second-order valence-electron chi connectivity index (χ2n) is 6.05. The van der Waals surface area contributed by atoms with E-state index in [4.69, 9.17) is 4.42 Å². The van der Waals surface area contributed by atoms with Crippen LogP contribution in [0.3, 0.4) is 0 Å². The van der Waals surface area contributed by atoms with Gasteiger partial charge in [0.2, 0.25) is 0 Å². The van der Waals surface area contributed by atoms with E-state index in [9.17, 15) is 5.11 Å². The third kappa shape index (κ3) is 4.44. The maximum Gasteiger partial charge on any atom is 0.298 e. The molecule has 0 saturated heterocycles. The normalized spacial score (nSPS) is 18.3. The van der Waals surface area contributed by atoms with Gasteiger partial charge in [-0.05, 0) is 18.8 Å². The Morgan fingerprint density at radius 2 is 1.84 bits per heavy atom. The van der Waals surface area contributed by atoms with Crippen LogP contribution in [0.1, 0.15) is 64.6 Å². The number of nitrogens with zero attached hydrogens (tertiary/aromatic N) is 1. The summed E-state index contributed by atoms with van der Waals surface area (Å²) in [6.07, 6.45) is 9.62. The first-order chi connectivity index (χ1) is 9.15. The van der Waals surface area contributed by atoms with Crippen LogP contribution >= 0.6 is 0 Å². The third-order valence-corrected chi connectivity index (χ3v) is 3.70. The van der Waals surface area contributed by atoms with Crippen molar-refractivity contribution in [1.82, 2.24) is 4.98 Å². The smallest absolute Gasteiger partial charge is 0.298 e. The molecule has 0 atom stereocenters. The number of nitrogens with one attached hydrogen (secondary N) is 1. The Morgan fingerprint density at radius 3 is 2.47 bits per heavy atom. The largest absolute Gasteiger partial charge is 0.491 e. The highest BCUT2D eigenvalue weighted by atomic mass is 16.4. The highest BCUT2D eigenvalue weighted by Crippen LogP contribution is 2.26. The number of hydrogen-bond acceptors (Lipinski definition) is 4. The molecule has 19 heavy (non-hydrogen) atoms. The number of aromatic nitrogens is 1. The molecule has 1 saturated carbocycles. The monoisotopic (exact) mass is 266 g/mol. The molecule has 0 radical (unpaired) electrons. The molecule has 4 heteroatoms. The second-order valence-corrected chi connectivity index (χ2v) is 6.05. The minimum Gasteiger partial charge on any atom is -0.491 e. The molecule has 1 heterocycles. The molecule has 1 aliphatic rings. The van der Waals surface area contributed by atoms with Crippen LogP contribution in [0.15, 0.2) is 4.42 Å². The number of aromatic hydroxyl groups is 1. The fraction of sp³-hybridized carbons (Fsp3) is 0.800. The van der Waals surface area contributed by atoms with Gasteiger partial charge in [-0.25, -0.2) is 0 Å². The lowest BCUT2D eigenvalue weighted by atomic mass is 9.97. The van der Waals surface area contributed by atoms with Crippen molar-refractivity contribution < 1.29 is 9.52 Å². The minimum atomic E-state index is 0.0436. The van der Waals surface area contributed by atoms with E-state index < -0.39 is 0 Å². The van der Waals surface area contributed by atoms with Crippen molar-refractivity contribution in [1.29, 1.82) is 0 Å². The Balaban J connectivity index is 1.93. The van der Waals surface area contributed by atoms with Crippen LogP contribution < -0.4 is 5.32 Å². The van der Waals surface area contributed by atoms with Gasteiger partial charge in [0.15, 0.2) is 5.76 Å². The van der Waals surface area contributed by atoms with E-state index in [1.54, 1.807) is 0 Å². The Bertz CT molecular complexity index is 379. The van der Waals surface area contributed by atoms with Crippen molar-refractivity contribution in [3.63, 3.8) is 0 Å². The molecule has 1 aliphatic carbocycles. The summed E-state index contributed by atoms with van der Waals surface area (Å²) in [7, 11) is 0. The second kappa shape index (κ2) is 6.83. The quantitative estimate of drug-likeness (QED) is 0.861. The van der Waals surface area contributed by atoms with Gasteiger partial charge in [0.25, 0.3) is 11.9 Å². The lowest BCUT2D eigenvalue weighted by Gasteiger charge is -2.19. The summed E-state index contributed by atoms with van der Waals surface area (Å²) in [6, 6.07) is 0.920. The molecule has 1 fully saturated rings. The Hall–Kier alpha value is -1.19. The van der Waals surface area contributed by atoms with Gasteiger partial charge in [-0.2, -0.15) is 4.98 Å². The maximum absolute atomic E-state index is 9.77. The van der Waals surface area contributed by atoms with Crippen molar-refractivity contribution in [2.24, 2.45) is 5.92 Å². The van der Waals surface area contributed by atoms with Crippen LogP contribution in [-0.2, 0) is 6.42 Å². The molecule has 2 rings (SSSR count). The predicted molar refractivity (Wildman–Crippen MR) is 76.4 cm³/mol. The Labute approximate surface area is 115 Å². The lowest BCUT2D eigenvalue weighted by Crippen LogP contribution is -2.20. The molecule has 0 aliphatic heterocycles. The van der Waals surface area contributed by atoms with Crippen molar-refractivity contribution >= 4 is 6.01 Å². The van der Waals surface area contributed by atoms with Crippen LogP contribution in [0.2, 0.25) is 0 Å². The van der Waals surface area contributed by atoms with E-state index in [-0.39, 0.29) is 5.88 Å². The Morgan fingerprint density at radius 1 is 1.21 bits per heavy atom. The van der Waals surface area contributed by atoms with Gasteiger partial charge in [-0.15, -0.1) is 0 Å². The number of oxazole rings is 1. The molecule has 0 amide bonds. The molecule has 0 unspecified atom stereocenters. The summed E-state index contributed by atoms with van der Waals surface area (Å²) in [5.41, 5.74) is 0. The molecule has 1 aromatic heterocycles. The van der Waals surface area contributed by atoms with E-state index in [0.29, 0.717) is 23.7 Å².